The van der Waals surface area contributed by atoms with Crippen LogP contribution in [-0.4, -0.2) is 27.9 Å². The highest BCUT2D eigenvalue weighted by Crippen LogP contribution is 2.27. The molecule has 1 aliphatic carbocycles. The van der Waals surface area contributed by atoms with E-state index in [2.05, 4.69) is 41.0 Å². The maximum absolute atomic E-state index is 4.48. The van der Waals surface area contributed by atoms with E-state index in [0.29, 0.717) is 12.0 Å². The van der Waals surface area contributed by atoms with Crippen molar-refractivity contribution in [2.24, 2.45) is 11.8 Å². The van der Waals surface area contributed by atoms with Crippen LogP contribution in [0.4, 0.5) is 0 Å². The van der Waals surface area contributed by atoms with E-state index in [1.807, 2.05) is 0 Å². The third kappa shape index (κ3) is 5.42. The number of likely N-dealkylation sites (N-methyl/N-ethyl adjacent to an activating group) is 1. The van der Waals surface area contributed by atoms with Crippen LogP contribution in [0.15, 0.2) is 6.33 Å². The molecule has 1 aromatic heterocycles. The van der Waals surface area contributed by atoms with Gasteiger partial charge in [0.15, 0.2) is 0 Å². The second-order valence-electron chi connectivity index (χ2n) is 7.04. The van der Waals surface area contributed by atoms with Gasteiger partial charge < -0.3 is 5.32 Å². The fourth-order valence-corrected chi connectivity index (χ4v) is 3.47. The zero-order chi connectivity index (χ0) is 15.1. The molecule has 2 rings (SSSR count). The van der Waals surface area contributed by atoms with E-state index in [0.717, 1.165) is 24.7 Å². The molecule has 1 unspecified atom stereocenters. The largest absolute Gasteiger partial charge is 0.317 e. The molecule has 0 bridgehead atoms. The summed E-state index contributed by atoms with van der Waals surface area (Å²) in [6.07, 6.45) is 12.5. The van der Waals surface area contributed by atoms with Crippen molar-refractivity contribution in [1.29, 1.82) is 0 Å². The smallest absolute Gasteiger partial charge is 0.138 e. The molecule has 0 amide bonds. The van der Waals surface area contributed by atoms with Crippen molar-refractivity contribution < 1.29 is 0 Å². The normalized spacial score (nSPS) is 18.9. The molecule has 1 aliphatic rings. The van der Waals surface area contributed by atoms with Gasteiger partial charge in [0.2, 0.25) is 0 Å². The summed E-state index contributed by atoms with van der Waals surface area (Å²) in [5, 5.41) is 7.89. The van der Waals surface area contributed by atoms with Crippen LogP contribution < -0.4 is 5.32 Å². The molecule has 1 atom stereocenters. The van der Waals surface area contributed by atoms with Gasteiger partial charge in [0.25, 0.3) is 0 Å². The average Bonchev–Trinajstić information content (AvgIpc) is 2.72. The SMILES string of the molecule is CNC(Cc1ncnn1CC(C)C)CC1CCCCCC1. The van der Waals surface area contributed by atoms with Crippen LogP contribution in [0.5, 0.6) is 0 Å². The number of nitrogens with one attached hydrogen (secondary N) is 1. The van der Waals surface area contributed by atoms with Crippen molar-refractivity contribution in [3.05, 3.63) is 12.2 Å². The predicted octanol–water partition coefficient (Wildman–Crippen LogP) is 3.43. The van der Waals surface area contributed by atoms with Crippen molar-refractivity contribution in [3.63, 3.8) is 0 Å². The number of hydrogen-bond acceptors (Lipinski definition) is 3. The summed E-state index contributed by atoms with van der Waals surface area (Å²) in [5.74, 6) is 2.64. The summed E-state index contributed by atoms with van der Waals surface area (Å²) in [6, 6.07) is 0.531. The fourth-order valence-electron chi connectivity index (χ4n) is 3.47. The van der Waals surface area contributed by atoms with Gasteiger partial charge in [-0.25, -0.2) is 9.67 Å². The zero-order valence-corrected chi connectivity index (χ0v) is 14.0. The van der Waals surface area contributed by atoms with E-state index in [4.69, 9.17) is 0 Å². The Morgan fingerprint density at radius 2 is 1.95 bits per heavy atom. The molecular formula is C17H32N4. The first-order valence-corrected chi connectivity index (χ1v) is 8.73. The molecule has 1 heterocycles. The number of rotatable bonds is 7. The first kappa shape index (κ1) is 16.5. The molecule has 1 saturated carbocycles. The number of aromatic nitrogens is 3. The van der Waals surface area contributed by atoms with Crippen LogP contribution in [0, 0.1) is 11.8 Å². The van der Waals surface area contributed by atoms with Gasteiger partial charge in [-0.15, -0.1) is 0 Å². The summed E-state index contributed by atoms with van der Waals surface area (Å²) in [5.41, 5.74) is 0. The topological polar surface area (TPSA) is 42.7 Å². The third-order valence-electron chi connectivity index (χ3n) is 4.66. The summed E-state index contributed by atoms with van der Waals surface area (Å²) < 4.78 is 2.09. The average molecular weight is 292 g/mol. The zero-order valence-electron chi connectivity index (χ0n) is 14.0. The molecule has 4 heteroatoms. The van der Waals surface area contributed by atoms with Gasteiger partial charge in [-0.3, -0.25) is 0 Å². The van der Waals surface area contributed by atoms with Crippen LogP contribution in [-0.2, 0) is 13.0 Å². The minimum Gasteiger partial charge on any atom is -0.317 e. The lowest BCUT2D eigenvalue weighted by Gasteiger charge is -2.22. The summed E-state index contributed by atoms with van der Waals surface area (Å²) in [6.45, 7) is 5.42. The quantitative estimate of drug-likeness (QED) is 0.783. The van der Waals surface area contributed by atoms with E-state index < -0.39 is 0 Å². The Kier molecular flexibility index (Phi) is 6.68. The Morgan fingerprint density at radius 1 is 1.24 bits per heavy atom. The van der Waals surface area contributed by atoms with Gasteiger partial charge >= 0.3 is 0 Å². The number of nitrogens with zero attached hydrogens (tertiary/aromatic N) is 3. The summed E-state index contributed by atoms with van der Waals surface area (Å²) in [4.78, 5) is 4.48. The third-order valence-corrected chi connectivity index (χ3v) is 4.66. The van der Waals surface area contributed by atoms with E-state index >= 15 is 0 Å². The molecule has 0 saturated heterocycles. The lowest BCUT2D eigenvalue weighted by molar-refractivity contribution is 0.352. The molecule has 0 aromatic carbocycles. The standard InChI is InChI=1S/C17H32N4/c1-14(2)12-21-17(19-13-20-21)11-16(18-3)10-15-8-6-4-5-7-9-15/h13-16,18H,4-12H2,1-3H3. The first-order chi connectivity index (χ1) is 10.2. The highest BCUT2D eigenvalue weighted by Gasteiger charge is 2.19. The molecule has 120 valence electrons. The van der Waals surface area contributed by atoms with Crippen LogP contribution in [0.25, 0.3) is 0 Å². The van der Waals surface area contributed by atoms with E-state index in [1.54, 1.807) is 6.33 Å². The van der Waals surface area contributed by atoms with Crippen molar-refractivity contribution in [1.82, 2.24) is 20.1 Å². The highest BCUT2D eigenvalue weighted by molar-refractivity contribution is 4.90. The van der Waals surface area contributed by atoms with Gasteiger partial charge in [0, 0.05) is 19.0 Å². The first-order valence-electron chi connectivity index (χ1n) is 8.73. The lowest BCUT2D eigenvalue weighted by Crippen LogP contribution is -2.31. The summed E-state index contributed by atoms with van der Waals surface area (Å²) in [7, 11) is 2.09. The van der Waals surface area contributed by atoms with Gasteiger partial charge in [0.1, 0.15) is 12.2 Å². The minimum absolute atomic E-state index is 0.531. The lowest BCUT2D eigenvalue weighted by atomic mass is 9.91. The van der Waals surface area contributed by atoms with Crippen LogP contribution >= 0.6 is 0 Å². The Morgan fingerprint density at radius 3 is 2.57 bits per heavy atom. The second kappa shape index (κ2) is 8.52. The Labute approximate surface area is 129 Å². The van der Waals surface area contributed by atoms with Crippen LogP contribution in [0.1, 0.15) is 64.6 Å². The van der Waals surface area contributed by atoms with Crippen molar-refractivity contribution >= 4 is 0 Å². The van der Waals surface area contributed by atoms with E-state index in [1.165, 1.54) is 44.9 Å². The predicted molar refractivity (Wildman–Crippen MR) is 87.2 cm³/mol. The Bertz CT molecular complexity index is 391. The maximum atomic E-state index is 4.48. The van der Waals surface area contributed by atoms with E-state index in [9.17, 15) is 0 Å². The second-order valence-corrected chi connectivity index (χ2v) is 7.04. The Balaban J connectivity index is 1.90. The van der Waals surface area contributed by atoms with Crippen LogP contribution in [0.3, 0.4) is 0 Å². The molecule has 1 aromatic rings. The molecule has 0 radical (unpaired) electrons. The molecule has 0 spiro atoms. The molecular weight excluding hydrogens is 260 g/mol. The van der Waals surface area contributed by atoms with Crippen molar-refractivity contribution in [2.75, 3.05) is 7.05 Å². The molecule has 1 fully saturated rings. The van der Waals surface area contributed by atoms with E-state index in [-0.39, 0.29) is 0 Å². The van der Waals surface area contributed by atoms with Crippen molar-refractivity contribution in [2.45, 2.75) is 77.8 Å². The monoisotopic (exact) mass is 292 g/mol. The minimum atomic E-state index is 0.531. The Hall–Kier alpha value is -0.900. The van der Waals surface area contributed by atoms with Gasteiger partial charge in [-0.05, 0) is 25.3 Å². The van der Waals surface area contributed by atoms with Crippen molar-refractivity contribution in [3.8, 4) is 0 Å². The van der Waals surface area contributed by atoms with Gasteiger partial charge in [0.05, 0.1) is 0 Å². The molecule has 21 heavy (non-hydrogen) atoms. The van der Waals surface area contributed by atoms with Gasteiger partial charge in [-0.1, -0.05) is 52.4 Å². The van der Waals surface area contributed by atoms with Gasteiger partial charge in [-0.2, -0.15) is 5.10 Å². The molecule has 1 N–H and O–H groups in total. The molecule has 4 nitrogen and oxygen atoms in total. The number of hydrogen-bond donors (Lipinski definition) is 1. The maximum Gasteiger partial charge on any atom is 0.138 e. The van der Waals surface area contributed by atoms with Crippen LogP contribution in [0.2, 0.25) is 0 Å². The summed E-state index contributed by atoms with van der Waals surface area (Å²) >= 11 is 0. The highest BCUT2D eigenvalue weighted by atomic mass is 15.3. The fraction of sp³-hybridized carbons (Fsp3) is 0.882. The molecule has 0 aliphatic heterocycles.